The first-order valence-corrected chi connectivity index (χ1v) is 15.7. The fourth-order valence-corrected chi connectivity index (χ4v) is 7.42. The Morgan fingerprint density at radius 3 is 2.35 bits per heavy atom. The molecule has 232 valence electrons. The molecular weight excluding hydrogens is 546 g/mol. The van der Waals surface area contributed by atoms with E-state index in [4.69, 9.17) is 20.8 Å². The summed E-state index contributed by atoms with van der Waals surface area (Å²) in [5, 5.41) is 6.04. The van der Waals surface area contributed by atoms with E-state index in [0.717, 1.165) is 24.8 Å². The maximum Gasteiger partial charge on any atom is 0.482 e. The van der Waals surface area contributed by atoms with Crippen LogP contribution in [0.3, 0.4) is 0 Å². The summed E-state index contributed by atoms with van der Waals surface area (Å²) in [6.45, 7) is 7.31. The van der Waals surface area contributed by atoms with E-state index >= 15 is 0 Å². The third kappa shape index (κ3) is 6.82. The molecule has 10 heteroatoms. The Balaban J connectivity index is 1.35. The van der Waals surface area contributed by atoms with Crippen LogP contribution in [0.15, 0.2) is 54.6 Å². The van der Waals surface area contributed by atoms with Crippen LogP contribution in [0.4, 0.5) is 4.39 Å². The molecule has 2 amide bonds. The Morgan fingerprint density at radius 2 is 1.67 bits per heavy atom. The van der Waals surface area contributed by atoms with Crippen LogP contribution in [-0.4, -0.2) is 55.2 Å². The van der Waals surface area contributed by atoms with Crippen molar-refractivity contribution in [2.24, 2.45) is 28.7 Å². The van der Waals surface area contributed by atoms with Crippen LogP contribution < -0.4 is 22.1 Å². The molecule has 6 N–H and O–H groups in total. The van der Waals surface area contributed by atoms with Crippen molar-refractivity contribution in [2.75, 3.05) is 6.54 Å². The van der Waals surface area contributed by atoms with E-state index in [1.807, 2.05) is 30.3 Å². The fourth-order valence-electron chi connectivity index (χ4n) is 7.42. The molecule has 0 unspecified atom stereocenters. The van der Waals surface area contributed by atoms with Gasteiger partial charge >= 0.3 is 7.12 Å². The normalized spacial score (nSPS) is 27.4. The first kappa shape index (κ1) is 31.6. The van der Waals surface area contributed by atoms with E-state index in [2.05, 4.69) is 31.4 Å². The topological polar surface area (TPSA) is 129 Å². The highest BCUT2D eigenvalue weighted by Crippen LogP contribution is 2.65. The van der Waals surface area contributed by atoms with Gasteiger partial charge in [0.1, 0.15) is 11.9 Å². The lowest BCUT2D eigenvalue weighted by molar-refractivity contribution is -0.199. The Morgan fingerprint density at radius 1 is 0.977 bits per heavy atom. The van der Waals surface area contributed by atoms with Gasteiger partial charge in [0.2, 0.25) is 11.8 Å². The van der Waals surface area contributed by atoms with E-state index < -0.39 is 36.7 Å². The van der Waals surface area contributed by atoms with E-state index in [-0.39, 0.29) is 29.7 Å². The molecule has 3 aliphatic carbocycles. The molecule has 7 atom stereocenters. The van der Waals surface area contributed by atoms with Crippen LogP contribution in [0.2, 0.25) is 0 Å². The molecule has 1 aliphatic heterocycles. The predicted octanol–water partition coefficient (Wildman–Crippen LogP) is 3.30. The Bertz CT molecular complexity index is 1270. The fraction of sp³-hybridized carbons (Fsp3) is 0.576. The van der Waals surface area contributed by atoms with Crippen molar-refractivity contribution < 1.29 is 23.3 Å². The van der Waals surface area contributed by atoms with Gasteiger partial charge in [-0.3, -0.25) is 9.59 Å². The third-order valence-electron chi connectivity index (χ3n) is 10.2. The zero-order chi connectivity index (χ0) is 30.8. The molecule has 6 rings (SSSR count). The van der Waals surface area contributed by atoms with Gasteiger partial charge in [0.15, 0.2) is 0 Å². The molecule has 1 saturated heterocycles. The van der Waals surface area contributed by atoms with Gasteiger partial charge in [-0.15, -0.1) is 0 Å². The lowest BCUT2D eigenvalue weighted by Crippen LogP contribution is -2.65. The standard InChI is InChI=1S/C33H46BFN4O4/c1-32(2)23-19-27(32)33(3)28(20-23)42-34(43-33)29(18-21-9-5-4-6-10-21)39-31(41)26(17-22-12-14-24(35)15-13-22)38-30(40)25(37)11-7-8-16-36/h4-6,9-10,12-15,23,25-29H,7-8,11,16-20,36-37H2,1-3H3,(H,38,40)(H,39,41)/t23-,25-,26-,27-,28+,29-,33-/m0/s1. The van der Waals surface area contributed by atoms with Gasteiger partial charge in [-0.25, -0.2) is 4.39 Å². The molecule has 2 aromatic carbocycles. The first-order chi connectivity index (χ1) is 20.5. The number of benzene rings is 2. The van der Waals surface area contributed by atoms with Crippen molar-refractivity contribution in [3.63, 3.8) is 0 Å². The maximum absolute atomic E-state index is 14.0. The summed E-state index contributed by atoms with van der Waals surface area (Å²) in [5.41, 5.74) is 13.3. The van der Waals surface area contributed by atoms with Gasteiger partial charge < -0.3 is 31.4 Å². The van der Waals surface area contributed by atoms with Crippen molar-refractivity contribution in [1.29, 1.82) is 0 Å². The van der Waals surface area contributed by atoms with E-state index in [0.29, 0.717) is 43.2 Å². The van der Waals surface area contributed by atoms with Gasteiger partial charge in [0.25, 0.3) is 0 Å². The van der Waals surface area contributed by atoms with Crippen molar-refractivity contribution in [3.05, 3.63) is 71.5 Å². The summed E-state index contributed by atoms with van der Waals surface area (Å²) in [6, 6.07) is 14.1. The summed E-state index contributed by atoms with van der Waals surface area (Å²) in [6.07, 6.45) is 4.65. The molecular formula is C33H46BFN4O4. The van der Waals surface area contributed by atoms with Crippen molar-refractivity contribution in [1.82, 2.24) is 10.6 Å². The minimum atomic E-state index is -0.928. The highest BCUT2D eigenvalue weighted by molar-refractivity contribution is 6.48. The van der Waals surface area contributed by atoms with E-state index in [9.17, 15) is 14.0 Å². The quantitative estimate of drug-likeness (QED) is 0.209. The molecule has 1 heterocycles. The molecule has 0 spiro atoms. The lowest BCUT2D eigenvalue weighted by Gasteiger charge is -2.64. The largest absolute Gasteiger partial charge is 0.482 e. The SMILES string of the molecule is CC1(C)[C@@H]2C[C@H]3OB([C@H](Cc4ccccc4)NC(=O)[C@H](Cc4ccc(F)cc4)NC(=O)[C@@H](N)CCCCN)O[C@@]3(C)[C@H]1C2. The number of carbonyl (C=O) groups excluding carboxylic acids is 2. The first-order valence-electron chi connectivity index (χ1n) is 15.7. The molecule has 2 aromatic rings. The number of hydrogen-bond acceptors (Lipinski definition) is 6. The average molecular weight is 593 g/mol. The highest BCUT2D eigenvalue weighted by Gasteiger charge is 2.68. The molecule has 0 aromatic heterocycles. The van der Waals surface area contributed by atoms with E-state index in [1.165, 1.54) is 12.1 Å². The number of rotatable bonds is 13. The number of halogens is 1. The minimum Gasteiger partial charge on any atom is -0.404 e. The second-order valence-corrected chi connectivity index (χ2v) is 13.4. The molecule has 8 nitrogen and oxygen atoms in total. The predicted molar refractivity (Wildman–Crippen MR) is 165 cm³/mol. The monoisotopic (exact) mass is 592 g/mol. The average Bonchev–Trinajstić information content (AvgIpc) is 3.35. The van der Waals surface area contributed by atoms with E-state index in [1.54, 1.807) is 12.1 Å². The molecule has 43 heavy (non-hydrogen) atoms. The second-order valence-electron chi connectivity index (χ2n) is 13.4. The van der Waals surface area contributed by atoms with Crippen molar-refractivity contribution in [3.8, 4) is 0 Å². The second kappa shape index (κ2) is 13.1. The summed E-state index contributed by atoms with van der Waals surface area (Å²) in [5.74, 6) is -0.663. The summed E-state index contributed by atoms with van der Waals surface area (Å²) in [7, 11) is -0.644. The van der Waals surface area contributed by atoms with Crippen LogP contribution in [0.5, 0.6) is 0 Å². The zero-order valence-electron chi connectivity index (χ0n) is 25.6. The number of nitrogens with two attached hydrogens (primary N) is 2. The number of hydrogen-bond donors (Lipinski definition) is 4. The summed E-state index contributed by atoms with van der Waals surface area (Å²) >= 11 is 0. The number of amides is 2. The van der Waals surface area contributed by atoms with Gasteiger partial charge in [0, 0.05) is 6.42 Å². The lowest BCUT2D eigenvalue weighted by atomic mass is 9.43. The maximum atomic E-state index is 14.0. The number of nitrogens with one attached hydrogen (secondary N) is 2. The molecule has 3 saturated carbocycles. The number of unbranched alkanes of at least 4 members (excludes halogenated alkanes) is 1. The number of carbonyl (C=O) groups is 2. The Hall–Kier alpha value is -2.79. The Labute approximate surface area is 255 Å². The van der Waals surface area contributed by atoms with Gasteiger partial charge in [-0.2, -0.15) is 0 Å². The van der Waals surface area contributed by atoms with Crippen LogP contribution in [0.25, 0.3) is 0 Å². The van der Waals surface area contributed by atoms with Gasteiger partial charge in [-0.05, 0) is 86.1 Å². The zero-order valence-corrected chi connectivity index (χ0v) is 25.6. The minimum absolute atomic E-state index is 0.0364. The molecule has 2 bridgehead atoms. The van der Waals surface area contributed by atoms with Crippen LogP contribution in [0, 0.1) is 23.1 Å². The van der Waals surface area contributed by atoms with Crippen LogP contribution in [0.1, 0.15) is 64.0 Å². The van der Waals surface area contributed by atoms with Crippen LogP contribution in [-0.2, 0) is 31.7 Å². The highest BCUT2D eigenvalue weighted by atomic mass is 19.1. The summed E-state index contributed by atoms with van der Waals surface area (Å²) < 4.78 is 27.0. The van der Waals surface area contributed by atoms with Crippen molar-refractivity contribution in [2.45, 2.75) is 95.4 Å². The molecule has 0 radical (unpaired) electrons. The molecule has 4 fully saturated rings. The van der Waals surface area contributed by atoms with Gasteiger partial charge in [-0.1, -0.05) is 62.7 Å². The van der Waals surface area contributed by atoms with Crippen molar-refractivity contribution >= 4 is 18.9 Å². The van der Waals surface area contributed by atoms with Gasteiger partial charge in [0.05, 0.1) is 23.7 Å². The van der Waals surface area contributed by atoms with Crippen LogP contribution >= 0.6 is 0 Å². The summed E-state index contributed by atoms with van der Waals surface area (Å²) in [4.78, 5) is 27.1. The smallest absolute Gasteiger partial charge is 0.404 e. The molecule has 4 aliphatic rings. The third-order valence-corrected chi connectivity index (χ3v) is 10.2. The Kier molecular flexibility index (Phi) is 9.61.